The van der Waals surface area contributed by atoms with Gasteiger partial charge < -0.3 is 19.6 Å². The first-order chi connectivity index (χ1) is 11.3. The Labute approximate surface area is 138 Å². The van der Waals surface area contributed by atoms with Gasteiger partial charge in [-0.1, -0.05) is 18.2 Å². The number of anilines is 1. The highest BCUT2D eigenvalue weighted by atomic mass is 19.4. The lowest BCUT2D eigenvalue weighted by Gasteiger charge is -2.34. The monoisotopic (exact) mass is 346 g/mol. The molecule has 1 aromatic rings. The zero-order valence-electron chi connectivity index (χ0n) is 13.4. The second kappa shape index (κ2) is 7.85. The summed E-state index contributed by atoms with van der Waals surface area (Å²) in [6.45, 7) is 0.647. The van der Waals surface area contributed by atoms with Gasteiger partial charge in [-0.2, -0.15) is 13.2 Å². The van der Waals surface area contributed by atoms with Crippen LogP contribution in [0.25, 0.3) is 0 Å². The Morgan fingerprint density at radius 2 is 2.00 bits per heavy atom. The Morgan fingerprint density at radius 3 is 2.67 bits per heavy atom. The molecule has 0 radical (unpaired) electrons. The summed E-state index contributed by atoms with van der Waals surface area (Å²) < 4.78 is 43.0. The van der Waals surface area contributed by atoms with E-state index in [1.54, 1.807) is 36.3 Å². The van der Waals surface area contributed by atoms with Gasteiger partial charge in [-0.25, -0.2) is 0 Å². The molecule has 1 N–H and O–H groups in total. The van der Waals surface area contributed by atoms with E-state index in [1.165, 1.54) is 4.90 Å². The van der Waals surface area contributed by atoms with Crippen molar-refractivity contribution in [1.29, 1.82) is 0 Å². The molecule has 1 aliphatic rings. The van der Waals surface area contributed by atoms with Crippen molar-refractivity contribution < 1.29 is 27.8 Å². The number of aliphatic hydroxyl groups is 1. The Balaban J connectivity index is 2.24. The molecule has 8 heteroatoms. The molecule has 0 saturated heterocycles. The highest BCUT2D eigenvalue weighted by Gasteiger charge is 2.39. The van der Waals surface area contributed by atoms with Crippen molar-refractivity contribution in [2.24, 2.45) is 0 Å². The van der Waals surface area contributed by atoms with Crippen LogP contribution in [0.2, 0.25) is 0 Å². The Hall–Kier alpha value is -1.80. The van der Waals surface area contributed by atoms with E-state index in [9.17, 15) is 23.1 Å². The minimum absolute atomic E-state index is 0.0859. The topological polar surface area (TPSA) is 53.0 Å². The summed E-state index contributed by atoms with van der Waals surface area (Å²) in [7, 11) is 1.54. The molecule has 1 atom stereocenters. The average molecular weight is 346 g/mol. The van der Waals surface area contributed by atoms with Crippen molar-refractivity contribution in [2.45, 2.75) is 25.2 Å². The molecule has 0 saturated carbocycles. The summed E-state index contributed by atoms with van der Waals surface area (Å²) >= 11 is 0. The zero-order valence-corrected chi connectivity index (χ0v) is 13.4. The fourth-order valence-electron chi connectivity index (χ4n) is 2.66. The lowest BCUT2D eigenvalue weighted by atomic mass is 10.1. The van der Waals surface area contributed by atoms with Crippen LogP contribution in [0.5, 0.6) is 0 Å². The van der Waals surface area contributed by atoms with Crippen LogP contribution in [0.3, 0.4) is 0 Å². The van der Waals surface area contributed by atoms with E-state index >= 15 is 0 Å². The molecule has 1 aromatic carbocycles. The smallest absolute Gasteiger partial charge is 0.383 e. The zero-order chi connectivity index (χ0) is 17.7. The fraction of sp³-hybridized carbons (Fsp3) is 0.562. The third-order valence-corrected chi connectivity index (χ3v) is 3.98. The minimum Gasteiger partial charge on any atom is -0.383 e. The molecular weight excluding hydrogens is 325 g/mol. The van der Waals surface area contributed by atoms with Gasteiger partial charge in [0.15, 0.2) is 6.10 Å². The predicted molar refractivity (Wildman–Crippen MR) is 82.6 cm³/mol. The number of para-hydroxylation sites is 1. The van der Waals surface area contributed by atoms with E-state index in [0.717, 1.165) is 5.56 Å². The van der Waals surface area contributed by atoms with Crippen LogP contribution in [0.15, 0.2) is 24.3 Å². The minimum atomic E-state index is -4.69. The van der Waals surface area contributed by atoms with E-state index in [-0.39, 0.29) is 18.9 Å². The number of fused-ring (bicyclic) bond motifs is 1. The van der Waals surface area contributed by atoms with E-state index < -0.39 is 18.8 Å². The van der Waals surface area contributed by atoms with Gasteiger partial charge in [0.25, 0.3) is 0 Å². The first-order valence-electron chi connectivity index (χ1n) is 7.67. The summed E-state index contributed by atoms with van der Waals surface area (Å²) in [6, 6.07) is 7.00. The summed E-state index contributed by atoms with van der Waals surface area (Å²) in [6.07, 6.45) is -7.06. The summed E-state index contributed by atoms with van der Waals surface area (Å²) in [4.78, 5) is 15.3. The third kappa shape index (κ3) is 4.61. The number of amides is 1. The fourth-order valence-corrected chi connectivity index (χ4v) is 2.66. The molecule has 1 unspecified atom stereocenters. The number of methoxy groups -OCH3 is 1. The van der Waals surface area contributed by atoms with Gasteiger partial charge in [-0.3, -0.25) is 4.79 Å². The number of nitrogens with zero attached hydrogens (tertiary/aromatic N) is 2. The van der Waals surface area contributed by atoms with Crippen molar-refractivity contribution in [1.82, 2.24) is 4.90 Å². The quantitative estimate of drug-likeness (QED) is 0.883. The van der Waals surface area contributed by atoms with E-state index in [4.69, 9.17) is 4.74 Å². The van der Waals surface area contributed by atoms with Crippen molar-refractivity contribution in [3.8, 4) is 0 Å². The van der Waals surface area contributed by atoms with Crippen molar-refractivity contribution >= 4 is 11.6 Å². The van der Waals surface area contributed by atoms with Crippen LogP contribution < -0.4 is 4.90 Å². The molecule has 0 spiro atoms. The number of carbonyl (C=O) groups excluding carboxylic acids is 1. The van der Waals surface area contributed by atoms with Gasteiger partial charge in [0.2, 0.25) is 5.91 Å². The van der Waals surface area contributed by atoms with Crippen LogP contribution in [0.1, 0.15) is 12.0 Å². The molecule has 5 nitrogen and oxygen atoms in total. The van der Waals surface area contributed by atoms with Crippen molar-refractivity contribution in [2.75, 3.05) is 38.3 Å². The van der Waals surface area contributed by atoms with Gasteiger partial charge in [-0.05, 0) is 11.6 Å². The van der Waals surface area contributed by atoms with Gasteiger partial charge >= 0.3 is 6.18 Å². The van der Waals surface area contributed by atoms with E-state index in [0.29, 0.717) is 25.4 Å². The third-order valence-electron chi connectivity index (χ3n) is 3.98. The average Bonchev–Trinajstić information content (AvgIpc) is 2.53. The Bertz CT molecular complexity index is 566. The normalized spacial score (nSPS) is 17.3. The van der Waals surface area contributed by atoms with Gasteiger partial charge in [0, 0.05) is 38.9 Å². The van der Waals surface area contributed by atoms with Crippen LogP contribution in [-0.2, 0) is 16.1 Å². The highest BCUT2D eigenvalue weighted by Crippen LogP contribution is 2.28. The number of halogens is 3. The molecule has 0 aromatic heterocycles. The second-order valence-corrected chi connectivity index (χ2v) is 5.69. The van der Waals surface area contributed by atoms with Crippen molar-refractivity contribution in [3.05, 3.63) is 29.8 Å². The molecule has 134 valence electrons. The molecule has 0 aliphatic carbocycles. The lowest BCUT2D eigenvalue weighted by Crippen LogP contribution is -2.45. The van der Waals surface area contributed by atoms with E-state index in [1.807, 2.05) is 0 Å². The van der Waals surface area contributed by atoms with E-state index in [2.05, 4.69) is 0 Å². The number of β-amino-alcohol motifs (C(OH)–C–C–N with tert-alkyl or cyclic N) is 1. The largest absolute Gasteiger partial charge is 0.416 e. The lowest BCUT2D eigenvalue weighted by molar-refractivity contribution is -0.200. The maximum Gasteiger partial charge on any atom is 0.416 e. The molecule has 1 aliphatic heterocycles. The molecule has 1 amide bonds. The van der Waals surface area contributed by atoms with Crippen LogP contribution >= 0.6 is 0 Å². The first kappa shape index (κ1) is 18.5. The molecular formula is C16H21F3N2O3. The number of benzene rings is 1. The maximum atomic E-state index is 12.7. The molecule has 2 rings (SSSR count). The number of alkyl halides is 3. The molecule has 1 heterocycles. The van der Waals surface area contributed by atoms with Gasteiger partial charge in [0.05, 0.1) is 13.2 Å². The standard InChI is InChI=1S/C16H21F3N2O3/c1-24-9-8-21-10-12-4-2-3-5-13(12)20(7-6-15(21)23)11-14(22)16(17,18)19/h2-5,14,22H,6-11H2,1H3. The van der Waals surface area contributed by atoms with Crippen molar-refractivity contribution in [3.63, 3.8) is 0 Å². The second-order valence-electron chi connectivity index (χ2n) is 5.69. The molecule has 24 heavy (non-hydrogen) atoms. The molecule has 0 bridgehead atoms. The van der Waals surface area contributed by atoms with Gasteiger partial charge in [0.1, 0.15) is 0 Å². The first-order valence-corrected chi connectivity index (χ1v) is 7.67. The number of ether oxygens (including phenoxy) is 1. The van der Waals surface area contributed by atoms with Crippen LogP contribution in [-0.4, -0.2) is 61.5 Å². The maximum absolute atomic E-state index is 12.7. The Kier molecular flexibility index (Phi) is 6.06. The number of hydrogen-bond donors (Lipinski definition) is 1. The number of rotatable bonds is 5. The summed E-state index contributed by atoms with van der Waals surface area (Å²) in [5.74, 6) is -0.145. The highest BCUT2D eigenvalue weighted by molar-refractivity contribution is 5.78. The van der Waals surface area contributed by atoms with Gasteiger partial charge in [-0.15, -0.1) is 0 Å². The number of carbonyl (C=O) groups is 1. The van der Waals surface area contributed by atoms with Crippen LogP contribution in [0, 0.1) is 0 Å². The van der Waals surface area contributed by atoms with Crippen LogP contribution in [0.4, 0.5) is 18.9 Å². The molecule has 0 fully saturated rings. The Morgan fingerprint density at radius 1 is 1.29 bits per heavy atom. The SMILES string of the molecule is COCCN1Cc2ccccc2N(CC(O)C(F)(F)F)CCC1=O. The summed E-state index contributed by atoms with van der Waals surface area (Å²) in [5, 5.41) is 9.38. The number of aliphatic hydroxyl groups excluding tert-OH is 1. The predicted octanol–water partition coefficient (Wildman–Crippen LogP) is 1.79. The number of hydrogen-bond acceptors (Lipinski definition) is 4. The summed E-state index contributed by atoms with van der Waals surface area (Å²) in [5.41, 5.74) is 1.35.